The zero-order valence-electron chi connectivity index (χ0n) is 19.1. The molecule has 4 rings (SSSR count). The van der Waals surface area contributed by atoms with E-state index in [1.807, 2.05) is 65.6 Å². The van der Waals surface area contributed by atoms with E-state index in [2.05, 4.69) is 5.32 Å². The second kappa shape index (κ2) is 10.8. The van der Waals surface area contributed by atoms with Crippen molar-refractivity contribution >= 4 is 17.8 Å². The molecule has 6 nitrogen and oxygen atoms in total. The van der Waals surface area contributed by atoms with Gasteiger partial charge in [-0.2, -0.15) is 0 Å². The number of rotatable bonds is 6. The van der Waals surface area contributed by atoms with Crippen LogP contribution < -0.4 is 10.1 Å². The van der Waals surface area contributed by atoms with Crippen molar-refractivity contribution in [2.75, 3.05) is 13.1 Å². The fraction of sp³-hybridized carbons (Fsp3) is 0.250. The number of nitrogens with one attached hydrogen (secondary N) is 1. The molecule has 1 N–H and O–H groups in total. The minimum atomic E-state index is -0.432. The monoisotopic (exact) mass is 456 g/mol. The number of ether oxygens (including phenoxy) is 1. The molecule has 3 aromatic rings. The first-order valence-electron chi connectivity index (χ1n) is 11.5. The Kier molecular flexibility index (Phi) is 7.38. The molecule has 0 saturated carbocycles. The number of carbonyl (C=O) groups excluding carboxylic acids is 3. The summed E-state index contributed by atoms with van der Waals surface area (Å²) in [6.07, 6.45) is 1.36. The third-order valence-electron chi connectivity index (χ3n) is 6.01. The van der Waals surface area contributed by atoms with Crippen LogP contribution in [-0.2, 0) is 9.59 Å². The molecular weight excluding hydrogens is 428 g/mol. The van der Waals surface area contributed by atoms with Crippen LogP contribution in [-0.4, -0.2) is 41.8 Å². The number of esters is 1. The van der Waals surface area contributed by atoms with Crippen LogP contribution in [0.2, 0.25) is 0 Å². The summed E-state index contributed by atoms with van der Waals surface area (Å²) in [5, 5.41) is 3.05. The van der Waals surface area contributed by atoms with E-state index in [0.717, 1.165) is 11.1 Å². The molecule has 3 aromatic carbocycles. The Hall–Kier alpha value is -3.93. The number of hydrogen-bond donors (Lipinski definition) is 1. The van der Waals surface area contributed by atoms with E-state index in [1.165, 1.54) is 6.92 Å². The van der Waals surface area contributed by atoms with Gasteiger partial charge in [0.2, 0.25) is 5.91 Å². The highest BCUT2D eigenvalue weighted by Crippen LogP contribution is 2.28. The van der Waals surface area contributed by atoms with Crippen molar-refractivity contribution in [1.29, 1.82) is 0 Å². The van der Waals surface area contributed by atoms with Gasteiger partial charge in [0.1, 0.15) is 5.75 Å². The van der Waals surface area contributed by atoms with Crippen LogP contribution >= 0.6 is 0 Å². The number of carbonyl (C=O) groups is 3. The zero-order valence-corrected chi connectivity index (χ0v) is 19.1. The lowest BCUT2D eigenvalue weighted by Gasteiger charge is -2.35. The van der Waals surface area contributed by atoms with Gasteiger partial charge in [-0.3, -0.25) is 14.4 Å². The Morgan fingerprint density at radius 2 is 1.44 bits per heavy atom. The molecule has 0 unspecified atom stereocenters. The molecule has 174 valence electrons. The lowest BCUT2D eigenvalue weighted by Crippen LogP contribution is -2.47. The number of hydrogen-bond acceptors (Lipinski definition) is 4. The van der Waals surface area contributed by atoms with Gasteiger partial charge in [0.15, 0.2) is 0 Å². The normalized spacial score (nSPS) is 14.0. The van der Waals surface area contributed by atoms with Gasteiger partial charge in [-0.05, 0) is 42.2 Å². The second-order valence-corrected chi connectivity index (χ2v) is 8.45. The highest BCUT2D eigenvalue weighted by molar-refractivity contribution is 5.95. The van der Waals surface area contributed by atoms with Crippen molar-refractivity contribution in [2.45, 2.75) is 31.7 Å². The quantitative estimate of drug-likeness (QED) is 0.446. The molecule has 0 aromatic heterocycles. The van der Waals surface area contributed by atoms with Crippen LogP contribution in [0.5, 0.6) is 5.75 Å². The number of amides is 2. The van der Waals surface area contributed by atoms with Crippen molar-refractivity contribution in [1.82, 2.24) is 10.2 Å². The van der Waals surface area contributed by atoms with E-state index >= 15 is 0 Å². The van der Waals surface area contributed by atoms with E-state index in [4.69, 9.17) is 4.74 Å². The molecule has 0 atom stereocenters. The Bertz CT molecular complexity index is 1100. The maximum Gasteiger partial charge on any atom is 0.308 e. The summed E-state index contributed by atoms with van der Waals surface area (Å²) >= 11 is 0. The molecule has 0 bridgehead atoms. The SMILES string of the molecule is CC(=O)Oc1cccc(C(=O)NC2CCN(C(=O)C(c3ccccc3)c3ccccc3)CC2)c1. The molecule has 1 saturated heterocycles. The third kappa shape index (κ3) is 5.70. The summed E-state index contributed by atoms with van der Waals surface area (Å²) in [5.74, 6) is -0.577. The summed E-state index contributed by atoms with van der Waals surface area (Å²) in [4.78, 5) is 39.4. The van der Waals surface area contributed by atoms with Crippen LogP contribution in [0.1, 0.15) is 47.2 Å². The first-order chi connectivity index (χ1) is 16.5. The standard InChI is InChI=1S/C28H28N2O4/c1-20(31)34-25-14-8-13-23(19-25)27(32)29-24-15-17-30(18-16-24)28(33)26(21-9-4-2-5-10-21)22-11-6-3-7-12-22/h2-14,19,24,26H,15-18H2,1H3,(H,29,32). The van der Waals surface area contributed by atoms with Crippen molar-refractivity contribution in [3.63, 3.8) is 0 Å². The van der Waals surface area contributed by atoms with Gasteiger partial charge >= 0.3 is 5.97 Å². The molecule has 1 fully saturated rings. The molecule has 34 heavy (non-hydrogen) atoms. The topological polar surface area (TPSA) is 75.7 Å². The molecule has 2 amide bonds. The fourth-order valence-corrected chi connectivity index (χ4v) is 4.33. The molecule has 0 spiro atoms. The van der Waals surface area contributed by atoms with Gasteiger partial charge in [-0.1, -0.05) is 66.7 Å². The predicted octanol–water partition coefficient (Wildman–Crippen LogP) is 4.16. The summed E-state index contributed by atoms with van der Waals surface area (Å²) in [6, 6.07) is 26.2. The van der Waals surface area contributed by atoms with Crippen molar-refractivity contribution in [3.05, 3.63) is 102 Å². The molecule has 0 aliphatic carbocycles. The number of piperidine rings is 1. The van der Waals surface area contributed by atoms with E-state index in [-0.39, 0.29) is 23.8 Å². The van der Waals surface area contributed by atoms with Crippen molar-refractivity contribution in [3.8, 4) is 5.75 Å². The second-order valence-electron chi connectivity index (χ2n) is 8.45. The first-order valence-corrected chi connectivity index (χ1v) is 11.5. The summed E-state index contributed by atoms with van der Waals surface area (Å²) in [7, 11) is 0. The highest BCUT2D eigenvalue weighted by atomic mass is 16.5. The summed E-state index contributed by atoms with van der Waals surface area (Å²) in [5.41, 5.74) is 2.38. The average molecular weight is 457 g/mol. The van der Waals surface area contributed by atoms with E-state index in [1.54, 1.807) is 24.3 Å². The average Bonchev–Trinajstić information content (AvgIpc) is 2.86. The lowest BCUT2D eigenvalue weighted by molar-refractivity contribution is -0.133. The van der Waals surface area contributed by atoms with Crippen LogP contribution in [0.25, 0.3) is 0 Å². The lowest BCUT2D eigenvalue weighted by atomic mass is 9.89. The molecule has 1 aliphatic heterocycles. The van der Waals surface area contributed by atoms with Gasteiger partial charge in [-0.15, -0.1) is 0 Å². The van der Waals surface area contributed by atoms with Gasteiger partial charge in [0, 0.05) is 31.6 Å². The van der Waals surface area contributed by atoms with Gasteiger partial charge in [-0.25, -0.2) is 0 Å². The minimum Gasteiger partial charge on any atom is -0.427 e. The van der Waals surface area contributed by atoms with Gasteiger partial charge in [0.25, 0.3) is 5.91 Å². The number of nitrogens with zero attached hydrogens (tertiary/aromatic N) is 1. The van der Waals surface area contributed by atoms with Crippen LogP contribution in [0.4, 0.5) is 0 Å². The maximum absolute atomic E-state index is 13.6. The highest BCUT2D eigenvalue weighted by Gasteiger charge is 2.30. The number of benzene rings is 3. The zero-order chi connectivity index (χ0) is 23.9. The van der Waals surface area contributed by atoms with Crippen LogP contribution in [0.15, 0.2) is 84.9 Å². The van der Waals surface area contributed by atoms with Gasteiger partial charge in [0.05, 0.1) is 5.92 Å². The summed E-state index contributed by atoms with van der Waals surface area (Å²) < 4.78 is 5.07. The van der Waals surface area contributed by atoms with E-state index < -0.39 is 5.97 Å². The molecule has 6 heteroatoms. The predicted molar refractivity (Wildman–Crippen MR) is 130 cm³/mol. The van der Waals surface area contributed by atoms with Crippen molar-refractivity contribution < 1.29 is 19.1 Å². The minimum absolute atomic E-state index is 0.0270. The first kappa shape index (κ1) is 23.2. The molecule has 0 radical (unpaired) electrons. The third-order valence-corrected chi connectivity index (χ3v) is 6.01. The molecule has 1 aliphatic rings. The smallest absolute Gasteiger partial charge is 0.308 e. The summed E-state index contributed by atoms with van der Waals surface area (Å²) in [6.45, 7) is 2.48. The largest absolute Gasteiger partial charge is 0.427 e. The van der Waals surface area contributed by atoms with Gasteiger partial charge < -0.3 is 15.0 Å². The van der Waals surface area contributed by atoms with Crippen LogP contribution in [0.3, 0.4) is 0 Å². The maximum atomic E-state index is 13.6. The van der Waals surface area contributed by atoms with E-state index in [0.29, 0.717) is 37.2 Å². The Balaban J connectivity index is 1.39. The number of likely N-dealkylation sites (tertiary alicyclic amines) is 1. The molecular formula is C28H28N2O4. The van der Waals surface area contributed by atoms with Crippen LogP contribution in [0, 0.1) is 0 Å². The Morgan fingerprint density at radius 1 is 0.853 bits per heavy atom. The fourth-order valence-electron chi connectivity index (χ4n) is 4.33. The Labute approximate surface area is 199 Å². The van der Waals surface area contributed by atoms with Crippen molar-refractivity contribution in [2.24, 2.45) is 0 Å². The van der Waals surface area contributed by atoms with E-state index in [9.17, 15) is 14.4 Å². The molecule has 1 heterocycles. The Morgan fingerprint density at radius 3 is 2.00 bits per heavy atom.